The Hall–Kier alpha value is -2.31. The van der Waals surface area contributed by atoms with Crippen LogP contribution < -0.4 is 5.56 Å². The monoisotopic (exact) mass is 313 g/mol. The molecule has 0 aliphatic rings. The quantitative estimate of drug-likeness (QED) is 0.944. The lowest BCUT2D eigenvalue weighted by atomic mass is 10.0. The first-order valence-electron chi connectivity index (χ1n) is 6.66. The maximum Gasteiger partial charge on any atom is 0.416 e. The number of nitrogens with zero attached hydrogens (tertiary/aromatic N) is 1. The lowest BCUT2D eigenvalue weighted by Gasteiger charge is -2.15. The van der Waals surface area contributed by atoms with E-state index >= 15 is 0 Å². The number of aryl methyl sites for hydroxylation is 1. The van der Waals surface area contributed by atoms with Crippen LogP contribution in [0.5, 0.6) is 0 Å². The number of carbonyl (C=O) groups is 1. The van der Waals surface area contributed by atoms with Crippen molar-refractivity contribution >= 4 is 16.7 Å². The first kappa shape index (κ1) is 16.1. The molecule has 0 amide bonds. The Balaban J connectivity index is 2.92. The third kappa shape index (κ3) is 2.58. The van der Waals surface area contributed by atoms with E-state index in [9.17, 15) is 27.9 Å². The van der Waals surface area contributed by atoms with Gasteiger partial charge in [0.1, 0.15) is 5.69 Å². The van der Waals surface area contributed by atoms with Crippen molar-refractivity contribution < 1.29 is 23.1 Å². The van der Waals surface area contributed by atoms with Gasteiger partial charge in [0, 0.05) is 11.9 Å². The predicted octanol–water partition coefficient (Wildman–Crippen LogP) is 3.44. The summed E-state index contributed by atoms with van der Waals surface area (Å²) in [5.41, 5.74) is -1.54. The summed E-state index contributed by atoms with van der Waals surface area (Å²) in [6.07, 6.45) is -4.07. The number of fused-ring (bicyclic) bond motifs is 1. The smallest absolute Gasteiger partial charge is 0.416 e. The maximum absolute atomic E-state index is 12.8. The average Bonchev–Trinajstić information content (AvgIpc) is 2.42. The van der Waals surface area contributed by atoms with Gasteiger partial charge in [-0.25, -0.2) is 4.79 Å². The molecule has 0 unspecified atom stereocenters. The molecule has 0 aliphatic carbocycles. The summed E-state index contributed by atoms with van der Waals surface area (Å²) < 4.78 is 39.4. The first-order chi connectivity index (χ1) is 10.2. The van der Waals surface area contributed by atoms with Crippen molar-refractivity contribution in [2.45, 2.75) is 33.0 Å². The van der Waals surface area contributed by atoms with Gasteiger partial charge in [-0.2, -0.15) is 13.2 Å². The molecule has 0 fully saturated rings. The van der Waals surface area contributed by atoms with Crippen LogP contribution in [0.4, 0.5) is 13.2 Å². The molecule has 2 rings (SSSR count). The lowest BCUT2D eigenvalue weighted by Crippen LogP contribution is -2.28. The molecular formula is C15H14F3NO3. The molecule has 22 heavy (non-hydrogen) atoms. The van der Waals surface area contributed by atoms with Gasteiger partial charge in [-0.3, -0.25) is 4.79 Å². The number of hydrogen-bond donors (Lipinski definition) is 1. The first-order valence-corrected chi connectivity index (χ1v) is 6.66. The van der Waals surface area contributed by atoms with E-state index in [1.807, 2.05) is 0 Å². The molecule has 0 saturated carbocycles. The molecule has 0 spiro atoms. The number of halogens is 3. The molecule has 1 aromatic carbocycles. The number of carboxylic acids is 1. The van der Waals surface area contributed by atoms with Crippen LogP contribution in [0.3, 0.4) is 0 Å². The fraction of sp³-hybridized carbons (Fsp3) is 0.333. The highest BCUT2D eigenvalue weighted by Gasteiger charge is 2.31. The molecule has 0 bridgehead atoms. The van der Waals surface area contributed by atoms with Gasteiger partial charge in [0.15, 0.2) is 0 Å². The van der Waals surface area contributed by atoms with E-state index in [4.69, 9.17) is 0 Å². The fourth-order valence-corrected chi connectivity index (χ4v) is 2.51. The van der Waals surface area contributed by atoms with Crippen molar-refractivity contribution in [2.24, 2.45) is 0 Å². The van der Waals surface area contributed by atoms with E-state index < -0.39 is 23.3 Å². The normalized spacial score (nSPS) is 11.9. The Morgan fingerprint density at radius 3 is 2.41 bits per heavy atom. The van der Waals surface area contributed by atoms with Gasteiger partial charge in [-0.05, 0) is 36.4 Å². The highest BCUT2D eigenvalue weighted by Crippen LogP contribution is 2.31. The van der Waals surface area contributed by atoms with E-state index in [-0.39, 0.29) is 28.6 Å². The zero-order chi connectivity index (χ0) is 16.7. The summed E-state index contributed by atoms with van der Waals surface area (Å²) in [6.45, 7) is 3.38. The molecule has 0 radical (unpaired) electrons. The number of hydrogen-bond acceptors (Lipinski definition) is 2. The predicted molar refractivity (Wildman–Crippen MR) is 75.2 cm³/mol. The fourth-order valence-electron chi connectivity index (χ4n) is 2.51. The van der Waals surface area contributed by atoms with Gasteiger partial charge < -0.3 is 9.67 Å². The zero-order valence-corrected chi connectivity index (χ0v) is 12.0. The van der Waals surface area contributed by atoms with E-state index in [1.165, 1.54) is 6.92 Å². The van der Waals surface area contributed by atoms with Crippen LogP contribution in [0.2, 0.25) is 0 Å². The Bertz CT molecular complexity index is 806. The topological polar surface area (TPSA) is 59.3 Å². The van der Waals surface area contributed by atoms with Crippen molar-refractivity contribution in [1.29, 1.82) is 0 Å². The molecule has 0 aliphatic heterocycles. The second kappa shape index (κ2) is 5.47. The Kier molecular flexibility index (Phi) is 4.00. The van der Waals surface area contributed by atoms with Gasteiger partial charge in [-0.1, -0.05) is 13.0 Å². The second-order valence-corrected chi connectivity index (χ2v) is 4.99. The summed E-state index contributed by atoms with van der Waals surface area (Å²) in [5, 5.41) is 9.41. The van der Waals surface area contributed by atoms with Gasteiger partial charge in [0.25, 0.3) is 5.56 Å². The third-order valence-corrected chi connectivity index (χ3v) is 3.50. The van der Waals surface area contributed by atoms with Crippen LogP contribution in [0.1, 0.15) is 35.0 Å². The number of aromatic nitrogens is 1. The standard InChI is InChI=1S/C15H14F3NO3/c1-3-6-19-12(14(21)22)8(2)10-5-4-9(15(16,17)18)7-11(10)13(19)20/h4-5,7H,3,6H2,1-2H3,(H,21,22). The highest BCUT2D eigenvalue weighted by atomic mass is 19.4. The van der Waals surface area contributed by atoms with Crippen molar-refractivity contribution in [3.8, 4) is 0 Å². The van der Waals surface area contributed by atoms with Crippen LogP contribution in [0.25, 0.3) is 10.8 Å². The average molecular weight is 313 g/mol. The molecule has 1 N–H and O–H groups in total. The molecule has 0 atom stereocenters. The van der Waals surface area contributed by atoms with E-state index in [2.05, 4.69) is 0 Å². The van der Waals surface area contributed by atoms with Gasteiger partial charge in [0.05, 0.1) is 5.56 Å². The Labute approximate surface area is 123 Å². The highest BCUT2D eigenvalue weighted by molar-refractivity contribution is 5.96. The largest absolute Gasteiger partial charge is 0.477 e. The number of alkyl halides is 3. The minimum absolute atomic E-state index is 0.120. The molecule has 4 nitrogen and oxygen atoms in total. The summed E-state index contributed by atoms with van der Waals surface area (Å²) in [7, 11) is 0. The maximum atomic E-state index is 12.8. The number of benzene rings is 1. The summed E-state index contributed by atoms with van der Waals surface area (Å²) in [4.78, 5) is 23.8. The summed E-state index contributed by atoms with van der Waals surface area (Å²) in [6, 6.07) is 2.78. The summed E-state index contributed by atoms with van der Waals surface area (Å²) in [5.74, 6) is -1.27. The lowest BCUT2D eigenvalue weighted by molar-refractivity contribution is -0.137. The minimum atomic E-state index is -4.56. The number of rotatable bonds is 3. The minimum Gasteiger partial charge on any atom is -0.477 e. The van der Waals surface area contributed by atoms with Crippen LogP contribution in [-0.4, -0.2) is 15.6 Å². The molecule has 2 aromatic rings. The molecule has 7 heteroatoms. The SMILES string of the molecule is CCCn1c(C(=O)O)c(C)c2ccc(C(F)(F)F)cc2c1=O. The molecule has 0 saturated heterocycles. The van der Waals surface area contributed by atoms with Gasteiger partial charge in [0.2, 0.25) is 0 Å². The number of carboxylic acid groups (broad SMARTS) is 1. The van der Waals surface area contributed by atoms with Crippen molar-refractivity contribution in [3.63, 3.8) is 0 Å². The van der Waals surface area contributed by atoms with E-state index in [0.717, 1.165) is 22.8 Å². The van der Waals surface area contributed by atoms with Crippen LogP contribution in [0.15, 0.2) is 23.0 Å². The molecular weight excluding hydrogens is 299 g/mol. The van der Waals surface area contributed by atoms with Gasteiger partial charge >= 0.3 is 12.1 Å². The van der Waals surface area contributed by atoms with Crippen molar-refractivity contribution in [3.05, 3.63) is 45.4 Å². The molecule has 1 heterocycles. The van der Waals surface area contributed by atoms with Crippen LogP contribution >= 0.6 is 0 Å². The zero-order valence-electron chi connectivity index (χ0n) is 12.0. The van der Waals surface area contributed by atoms with Crippen LogP contribution in [-0.2, 0) is 12.7 Å². The second-order valence-electron chi connectivity index (χ2n) is 4.99. The Morgan fingerprint density at radius 1 is 1.27 bits per heavy atom. The van der Waals surface area contributed by atoms with E-state index in [0.29, 0.717) is 6.42 Å². The van der Waals surface area contributed by atoms with Crippen LogP contribution in [0, 0.1) is 6.92 Å². The van der Waals surface area contributed by atoms with Crippen molar-refractivity contribution in [1.82, 2.24) is 4.57 Å². The number of pyridine rings is 1. The van der Waals surface area contributed by atoms with Crippen molar-refractivity contribution in [2.75, 3.05) is 0 Å². The molecule has 118 valence electrons. The number of aromatic carboxylic acids is 1. The third-order valence-electron chi connectivity index (χ3n) is 3.50. The Morgan fingerprint density at radius 2 is 1.91 bits per heavy atom. The summed E-state index contributed by atoms with van der Waals surface area (Å²) >= 11 is 0. The van der Waals surface area contributed by atoms with E-state index in [1.54, 1.807) is 6.92 Å². The van der Waals surface area contributed by atoms with Gasteiger partial charge in [-0.15, -0.1) is 0 Å². The molecule has 1 aromatic heterocycles.